The Hall–Kier alpha value is -0.570. The Kier molecular flexibility index (Phi) is 6.65. The molecule has 0 aliphatic carbocycles. The van der Waals surface area contributed by atoms with Crippen LogP contribution in [0.1, 0.15) is 53.4 Å². The molecule has 0 unspecified atom stereocenters. The predicted molar refractivity (Wildman–Crippen MR) is 69.2 cm³/mol. The molecular weight excluding hydrogens is 200 g/mol. The van der Waals surface area contributed by atoms with Gasteiger partial charge in [-0.2, -0.15) is 0 Å². The number of nitrogens with two attached hydrogens (primary N) is 1. The van der Waals surface area contributed by atoms with Crippen molar-refractivity contribution < 1.29 is 4.79 Å². The Bertz CT molecular complexity index is 208. The maximum Gasteiger partial charge on any atom is 0.230 e. The second kappa shape index (κ2) is 6.89. The van der Waals surface area contributed by atoms with E-state index in [0.29, 0.717) is 6.54 Å². The summed E-state index contributed by atoms with van der Waals surface area (Å²) in [5.74, 6) is 0.216. The fourth-order valence-electron chi connectivity index (χ4n) is 2.20. The predicted octanol–water partition coefficient (Wildman–Crippen LogP) is 2.40. The van der Waals surface area contributed by atoms with Crippen LogP contribution >= 0.6 is 0 Å². The van der Waals surface area contributed by atoms with Crippen molar-refractivity contribution in [3.8, 4) is 0 Å². The third-order valence-corrected chi connectivity index (χ3v) is 3.40. The lowest BCUT2D eigenvalue weighted by atomic mass is 9.77. The second-order valence-electron chi connectivity index (χ2n) is 4.99. The first kappa shape index (κ1) is 15.4. The summed E-state index contributed by atoms with van der Waals surface area (Å²) in [6.07, 6.45) is 3.81. The molecule has 0 aromatic heterocycles. The summed E-state index contributed by atoms with van der Waals surface area (Å²) in [5, 5.41) is 0. The van der Waals surface area contributed by atoms with Gasteiger partial charge in [0.2, 0.25) is 5.91 Å². The second-order valence-corrected chi connectivity index (χ2v) is 4.99. The summed E-state index contributed by atoms with van der Waals surface area (Å²) >= 11 is 0. The Balaban J connectivity index is 4.92. The smallest absolute Gasteiger partial charge is 0.230 e. The number of carbonyl (C=O) groups excluding carboxylic acids is 1. The Morgan fingerprint density at radius 1 is 1.25 bits per heavy atom. The molecule has 3 nitrogen and oxygen atoms in total. The molecule has 96 valence electrons. The molecule has 0 atom stereocenters. The molecule has 0 heterocycles. The quantitative estimate of drug-likeness (QED) is 0.727. The van der Waals surface area contributed by atoms with E-state index in [1.54, 1.807) is 0 Å². The van der Waals surface area contributed by atoms with Crippen LogP contribution in [-0.2, 0) is 4.79 Å². The normalized spacial score (nSPS) is 11.9. The summed E-state index contributed by atoms with van der Waals surface area (Å²) in [4.78, 5) is 14.3. The van der Waals surface area contributed by atoms with Crippen LogP contribution in [0.2, 0.25) is 0 Å². The lowest BCUT2D eigenvalue weighted by Crippen LogP contribution is -2.48. The van der Waals surface area contributed by atoms with Gasteiger partial charge in [0.25, 0.3) is 0 Å². The number of carbonyl (C=O) groups is 1. The Morgan fingerprint density at radius 3 is 1.94 bits per heavy atom. The topological polar surface area (TPSA) is 46.3 Å². The molecule has 0 saturated heterocycles. The van der Waals surface area contributed by atoms with E-state index in [1.165, 1.54) is 0 Å². The van der Waals surface area contributed by atoms with E-state index in [2.05, 4.69) is 13.8 Å². The minimum absolute atomic E-state index is 0.216. The summed E-state index contributed by atoms with van der Waals surface area (Å²) in [5.41, 5.74) is 5.54. The lowest BCUT2D eigenvalue weighted by molar-refractivity contribution is -0.142. The van der Waals surface area contributed by atoms with E-state index < -0.39 is 0 Å². The standard InChI is InChI=1S/C13H28N2O/c1-6-8-13(10-14,9-7-2)12(16)15(5)11(3)4/h11H,6-10,14H2,1-5H3. The summed E-state index contributed by atoms with van der Waals surface area (Å²) in [6.45, 7) is 8.77. The number of amides is 1. The molecular formula is C13H28N2O. The lowest BCUT2D eigenvalue weighted by Gasteiger charge is -2.36. The van der Waals surface area contributed by atoms with Gasteiger partial charge in [-0.25, -0.2) is 0 Å². The number of hydrogen-bond acceptors (Lipinski definition) is 2. The van der Waals surface area contributed by atoms with E-state index in [9.17, 15) is 4.79 Å². The van der Waals surface area contributed by atoms with E-state index >= 15 is 0 Å². The van der Waals surface area contributed by atoms with Crippen molar-refractivity contribution in [3.05, 3.63) is 0 Å². The zero-order valence-electron chi connectivity index (χ0n) is 11.5. The molecule has 0 bridgehead atoms. The highest BCUT2D eigenvalue weighted by atomic mass is 16.2. The number of nitrogens with zero attached hydrogens (tertiary/aromatic N) is 1. The van der Waals surface area contributed by atoms with Crippen molar-refractivity contribution in [2.24, 2.45) is 11.1 Å². The van der Waals surface area contributed by atoms with Crippen molar-refractivity contribution in [3.63, 3.8) is 0 Å². The molecule has 0 fully saturated rings. The van der Waals surface area contributed by atoms with Gasteiger partial charge >= 0.3 is 0 Å². The van der Waals surface area contributed by atoms with Gasteiger partial charge < -0.3 is 10.6 Å². The average molecular weight is 228 g/mol. The third-order valence-electron chi connectivity index (χ3n) is 3.40. The molecule has 16 heavy (non-hydrogen) atoms. The van der Waals surface area contributed by atoms with Crippen LogP contribution in [0.25, 0.3) is 0 Å². The van der Waals surface area contributed by atoms with Crippen LogP contribution < -0.4 is 5.73 Å². The zero-order chi connectivity index (χ0) is 12.8. The Morgan fingerprint density at radius 2 is 1.69 bits per heavy atom. The molecule has 0 aromatic carbocycles. The minimum Gasteiger partial charge on any atom is -0.343 e. The van der Waals surface area contributed by atoms with E-state index in [0.717, 1.165) is 25.7 Å². The number of rotatable bonds is 7. The van der Waals surface area contributed by atoms with E-state index in [4.69, 9.17) is 5.73 Å². The molecule has 0 spiro atoms. The molecule has 0 radical (unpaired) electrons. The first-order chi connectivity index (χ1) is 7.45. The molecule has 0 saturated carbocycles. The highest BCUT2D eigenvalue weighted by Crippen LogP contribution is 2.31. The molecule has 0 aliphatic rings. The van der Waals surface area contributed by atoms with Crippen LogP contribution in [0.4, 0.5) is 0 Å². The molecule has 3 heteroatoms. The van der Waals surface area contributed by atoms with Gasteiger partial charge in [-0.3, -0.25) is 4.79 Å². The van der Waals surface area contributed by atoms with Crippen LogP contribution in [0, 0.1) is 5.41 Å². The van der Waals surface area contributed by atoms with Crippen molar-refractivity contribution in [1.29, 1.82) is 0 Å². The zero-order valence-corrected chi connectivity index (χ0v) is 11.5. The third kappa shape index (κ3) is 3.48. The Labute approximate surface area is 100 Å². The minimum atomic E-state index is -0.331. The van der Waals surface area contributed by atoms with Crippen LogP contribution in [0.5, 0.6) is 0 Å². The first-order valence-corrected chi connectivity index (χ1v) is 6.42. The maximum atomic E-state index is 12.5. The van der Waals surface area contributed by atoms with Crippen LogP contribution in [0.15, 0.2) is 0 Å². The van der Waals surface area contributed by atoms with E-state index in [-0.39, 0.29) is 17.4 Å². The molecule has 2 N–H and O–H groups in total. The average Bonchev–Trinajstić information content (AvgIpc) is 2.26. The monoisotopic (exact) mass is 228 g/mol. The van der Waals surface area contributed by atoms with Gasteiger partial charge in [0.1, 0.15) is 0 Å². The highest BCUT2D eigenvalue weighted by Gasteiger charge is 2.37. The van der Waals surface area contributed by atoms with Crippen LogP contribution in [-0.4, -0.2) is 30.4 Å². The van der Waals surface area contributed by atoms with Crippen LogP contribution in [0.3, 0.4) is 0 Å². The fourth-order valence-corrected chi connectivity index (χ4v) is 2.20. The molecule has 0 aromatic rings. The van der Waals surface area contributed by atoms with Gasteiger partial charge in [0, 0.05) is 19.6 Å². The summed E-state index contributed by atoms with van der Waals surface area (Å²) in [7, 11) is 1.88. The fraction of sp³-hybridized carbons (Fsp3) is 0.923. The maximum absolute atomic E-state index is 12.5. The largest absolute Gasteiger partial charge is 0.343 e. The van der Waals surface area contributed by atoms with Gasteiger partial charge in [-0.1, -0.05) is 26.7 Å². The summed E-state index contributed by atoms with van der Waals surface area (Å²) in [6, 6.07) is 0.243. The molecule has 0 rings (SSSR count). The van der Waals surface area contributed by atoms with E-state index in [1.807, 2.05) is 25.8 Å². The van der Waals surface area contributed by atoms with Crippen molar-refractivity contribution in [2.45, 2.75) is 59.4 Å². The van der Waals surface area contributed by atoms with Gasteiger partial charge in [0.15, 0.2) is 0 Å². The SMILES string of the molecule is CCCC(CN)(CCC)C(=O)N(C)C(C)C. The van der Waals surface area contributed by atoms with Gasteiger partial charge in [-0.05, 0) is 26.7 Å². The van der Waals surface area contributed by atoms with Crippen molar-refractivity contribution in [2.75, 3.05) is 13.6 Å². The molecule has 0 aliphatic heterocycles. The first-order valence-electron chi connectivity index (χ1n) is 6.42. The van der Waals surface area contributed by atoms with Crippen molar-refractivity contribution >= 4 is 5.91 Å². The van der Waals surface area contributed by atoms with Gasteiger partial charge in [-0.15, -0.1) is 0 Å². The highest BCUT2D eigenvalue weighted by molar-refractivity contribution is 5.83. The summed E-state index contributed by atoms with van der Waals surface area (Å²) < 4.78 is 0. The molecule has 1 amide bonds. The van der Waals surface area contributed by atoms with Gasteiger partial charge in [0.05, 0.1) is 5.41 Å². The van der Waals surface area contributed by atoms with Crippen molar-refractivity contribution in [1.82, 2.24) is 4.90 Å². The number of hydrogen-bond donors (Lipinski definition) is 1.